The van der Waals surface area contributed by atoms with Crippen LogP contribution in [0.15, 0.2) is 24.3 Å². The molecule has 0 bridgehead atoms. The number of aliphatic carboxylic acids is 1. The average molecular weight is 272 g/mol. The van der Waals surface area contributed by atoms with Gasteiger partial charge in [0.25, 0.3) is 0 Å². The van der Waals surface area contributed by atoms with Gasteiger partial charge in [-0.05, 0) is 30.5 Å². The van der Waals surface area contributed by atoms with E-state index in [1.165, 1.54) is 18.2 Å². The van der Waals surface area contributed by atoms with Gasteiger partial charge in [-0.15, -0.1) is 0 Å². The van der Waals surface area contributed by atoms with E-state index in [1.54, 1.807) is 6.07 Å². The molecular weight excluding hydrogens is 257 g/mol. The fraction of sp³-hybridized carbons (Fsp3) is 0.500. The van der Waals surface area contributed by atoms with E-state index in [1.807, 2.05) is 0 Å². The van der Waals surface area contributed by atoms with Crippen molar-refractivity contribution in [3.8, 4) is 0 Å². The maximum absolute atomic E-state index is 13.3. The van der Waals surface area contributed by atoms with Crippen molar-refractivity contribution in [2.24, 2.45) is 0 Å². The Morgan fingerprint density at radius 2 is 1.84 bits per heavy atom. The summed E-state index contributed by atoms with van der Waals surface area (Å²) >= 11 is 0. The summed E-state index contributed by atoms with van der Waals surface area (Å²) in [7, 11) is 0. The van der Waals surface area contributed by atoms with Crippen molar-refractivity contribution in [2.75, 3.05) is 0 Å². The molecular formula is C14H15F3O2. The van der Waals surface area contributed by atoms with Crippen molar-refractivity contribution in [1.29, 1.82) is 0 Å². The smallest absolute Gasteiger partial charge is 0.304 e. The van der Waals surface area contributed by atoms with Gasteiger partial charge in [0.2, 0.25) is 5.92 Å². The molecule has 1 fully saturated rings. The lowest BCUT2D eigenvalue weighted by Crippen LogP contribution is -2.38. The maximum atomic E-state index is 13.3. The molecule has 0 unspecified atom stereocenters. The second kappa shape index (κ2) is 4.87. The Bertz CT molecular complexity index is 475. The van der Waals surface area contributed by atoms with E-state index in [-0.39, 0.29) is 32.1 Å². The molecule has 19 heavy (non-hydrogen) atoms. The molecule has 0 saturated heterocycles. The second-order valence-corrected chi connectivity index (χ2v) is 5.22. The van der Waals surface area contributed by atoms with Crippen molar-refractivity contribution in [2.45, 2.75) is 43.4 Å². The number of alkyl halides is 2. The Labute approximate surface area is 109 Å². The zero-order valence-electron chi connectivity index (χ0n) is 10.3. The lowest BCUT2D eigenvalue weighted by Gasteiger charge is -2.39. The topological polar surface area (TPSA) is 37.3 Å². The summed E-state index contributed by atoms with van der Waals surface area (Å²) in [5.74, 6) is -4.26. The minimum atomic E-state index is -2.74. The van der Waals surface area contributed by atoms with Crippen LogP contribution in [0.4, 0.5) is 13.2 Å². The molecule has 1 aromatic rings. The van der Waals surface area contributed by atoms with Gasteiger partial charge in [-0.25, -0.2) is 13.2 Å². The largest absolute Gasteiger partial charge is 0.481 e. The van der Waals surface area contributed by atoms with Crippen LogP contribution in [0.2, 0.25) is 0 Å². The van der Waals surface area contributed by atoms with Gasteiger partial charge < -0.3 is 5.11 Å². The molecule has 0 spiro atoms. The fourth-order valence-corrected chi connectivity index (χ4v) is 2.77. The maximum Gasteiger partial charge on any atom is 0.304 e. The fourth-order valence-electron chi connectivity index (χ4n) is 2.77. The lowest BCUT2D eigenvalue weighted by molar-refractivity contribution is -0.140. The monoisotopic (exact) mass is 272 g/mol. The van der Waals surface area contributed by atoms with Crippen molar-refractivity contribution in [1.82, 2.24) is 0 Å². The zero-order chi connectivity index (χ0) is 14.1. The molecule has 1 aromatic carbocycles. The summed E-state index contributed by atoms with van der Waals surface area (Å²) in [5, 5.41) is 9.01. The summed E-state index contributed by atoms with van der Waals surface area (Å²) in [6, 6.07) is 5.62. The number of carbonyl (C=O) groups is 1. The van der Waals surface area contributed by atoms with Gasteiger partial charge in [-0.3, -0.25) is 4.79 Å². The van der Waals surface area contributed by atoms with Crippen LogP contribution in [-0.2, 0) is 10.2 Å². The van der Waals surface area contributed by atoms with E-state index in [0.29, 0.717) is 5.56 Å². The van der Waals surface area contributed by atoms with Crippen molar-refractivity contribution >= 4 is 5.97 Å². The molecule has 1 saturated carbocycles. The van der Waals surface area contributed by atoms with Gasteiger partial charge >= 0.3 is 5.97 Å². The molecule has 2 rings (SSSR count). The van der Waals surface area contributed by atoms with Gasteiger partial charge in [0.05, 0.1) is 6.42 Å². The molecule has 0 aliphatic heterocycles. The first-order valence-corrected chi connectivity index (χ1v) is 6.19. The lowest BCUT2D eigenvalue weighted by atomic mass is 9.66. The molecule has 0 atom stereocenters. The highest BCUT2D eigenvalue weighted by Crippen LogP contribution is 2.47. The number of rotatable bonds is 3. The van der Waals surface area contributed by atoms with E-state index in [0.717, 1.165) is 0 Å². The van der Waals surface area contributed by atoms with Crippen LogP contribution < -0.4 is 0 Å². The van der Waals surface area contributed by atoms with Gasteiger partial charge in [-0.2, -0.15) is 0 Å². The van der Waals surface area contributed by atoms with Crippen LogP contribution in [0.5, 0.6) is 0 Å². The third-order valence-electron chi connectivity index (χ3n) is 3.87. The zero-order valence-corrected chi connectivity index (χ0v) is 10.3. The Kier molecular flexibility index (Phi) is 3.56. The molecule has 1 N–H and O–H groups in total. The average Bonchev–Trinajstić information content (AvgIpc) is 2.32. The second-order valence-electron chi connectivity index (χ2n) is 5.22. The van der Waals surface area contributed by atoms with Gasteiger partial charge in [0.1, 0.15) is 5.82 Å². The summed E-state index contributed by atoms with van der Waals surface area (Å²) in [6.07, 6.45) is -0.814. The number of hydrogen-bond acceptors (Lipinski definition) is 1. The molecule has 0 heterocycles. The van der Waals surface area contributed by atoms with Gasteiger partial charge in [0.15, 0.2) is 0 Å². The van der Waals surface area contributed by atoms with Crippen molar-refractivity contribution in [3.05, 3.63) is 35.6 Å². The van der Waals surface area contributed by atoms with Crippen molar-refractivity contribution < 1.29 is 23.1 Å². The van der Waals surface area contributed by atoms with Crippen LogP contribution in [0.3, 0.4) is 0 Å². The molecule has 0 radical (unpaired) electrons. The third-order valence-corrected chi connectivity index (χ3v) is 3.87. The van der Waals surface area contributed by atoms with Crippen LogP contribution in [-0.4, -0.2) is 17.0 Å². The van der Waals surface area contributed by atoms with E-state index in [4.69, 9.17) is 5.11 Å². The van der Waals surface area contributed by atoms with Crippen LogP contribution in [0.1, 0.15) is 37.7 Å². The van der Waals surface area contributed by atoms with Crippen LogP contribution in [0.25, 0.3) is 0 Å². The summed E-state index contributed by atoms with van der Waals surface area (Å²) in [5.41, 5.74) is -0.374. The number of carboxylic acids is 1. The van der Waals surface area contributed by atoms with E-state index < -0.39 is 23.1 Å². The first-order valence-electron chi connectivity index (χ1n) is 6.19. The van der Waals surface area contributed by atoms with E-state index >= 15 is 0 Å². The highest BCUT2D eigenvalue weighted by Gasteiger charge is 2.45. The Morgan fingerprint density at radius 3 is 2.37 bits per heavy atom. The van der Waals surface area contributed by atoms with Gasteiger partial charge in [-0.1, -0.05) is 12.1 Å². The molecule has 0 amide bonds. The molecule has 5 heteroatoms. The molecule has 1 aliphatic rings. The van der Waals surface area contributed by atoms with Crippen LogP contribution in [0, 0.1) is 5.82 Å². The number of benzene rings is 1. The van der Waals surface area contributed by atoms with E-state index in [2.05, 4.69) is 0 Å². The van der Waals surface area contributed by atoms with E-state index in [9.17, 15) is 18.0 Å². The first-order chi connectivity index (χ1) is 8.83. The predicted molar refractivity (Wildman–Crippen MR) is 63.7 cm³/mol. The molecule has 0 aromatic heterocycles. The number of hydrogen-bond donors (Lipinski definition) is 1. The molecule has 2 nitrogen and oxygen atoms in total. The summed E-state index contributed by atoms with van der Waals surface area (Å²) in [4.78, 5) is 11.0. The summed E-state index contributed by atoms with van der Waals surface area (Å²) in [6.45, 7) is 0. The van der Waals surface area contributed by atoms with Crippen molar-refractivity contribution in [3.63, 3.8) is 0 Å². The summed E-state index contributed by atoms with van der Waals surface area (Å²) < 4.78 is 39.8. The Hall–Kier alpha value is -1.52. The first kappa shape index (κ1) is 13.9. The standard InChI is InChI=1S/C14H15F3O2/c15-11-3-1-2-10(8-11)13(9-12(18)19)4-6-14(16,17)7-5-13/h1-3,8H,4-7,9H2,(H,18,19). The minimum absolute atomic E-state index is 0.0652. The minimum Gasteiger partial charge on any atom is -0.481 e. The Balaban J connectivity index is 2.33. The highest BCUT2D eigenvalue weighted by atomic mass is 19.3. The quantitative estimate of drug-likeness (QED) is 0.910. The third kappa shape index (κ3) is 3.08. The van der Waals surface area contributed by atoms with Crippen LogP contribution >= 0.6 is 0 Å². The number of carboxylic acid groups (broad SMARTS) is 1. The predicted octanol–water partition coefficient (Wildman–Crippen LogP) is 3.75. The highest BCUT2D eigenvalue weighted by molar-refractivity contribution is 5.69. The molecule has 104 valence electrons. The van der Waals surface area contributed by atoms with Gasteiger partial charge in [0, 0.05) is 18.3 Å². The Morgan fingerprint density at radius 1 is 1.21 bits per heavy atom. The molecule has 1 aliphatic carbocycles. The number of halogens is 3. The normalized spacial score (nSPS) is 21.0. The SMILES string of the molecule is O=C(O)CC1(c2cccc(F)c2)CCC(F)(F)CC1.